The molecule has 0 atom stereocenters. The highest BCUT2D eigenvalue weighted by Gasteiger charge is 2.02. The van der Waals surface area contributed by atoms with Crippen LogP contribution in [0.5, 0.6) is 0 Å². The number of oxazole rings is 1. The topological polar surface area (TPSA) is 46.0 Å². The van der Waals surface area contributed by atoms with E-state index >= 15 is 0 Å². The Morgan fingerprint density at radius 2 is 2.38 bits per heavy atom. The van der Waals surface area contributed by atoms with Gasteiger partial charge in [0.15, 0.2) is 5.76 Å². The summed E-state index contributed by atoms with van der Waals surface area (Å²) in [5, 5.41) is 0. The van der Waals surface area contributed by atoms with Crippen LogP contribution in [0.25, 0.3) is 12.2 Å². The predicted octanol–water partition coefficient (Wildman–Crippen LogP) is 2.42. The smallest absolute Gasteiger partial charge is 0.408 e. The SMILES string of the molecule is C=Cc1oc(=O)[nH]c1/C=C(/C)CC. The summed E-state index contributed by atoms with van der Waals surface area (Å²) in [6.45, 7) is 7.61. The highest BCUT2D eigenvalue weighted by molar-refractivity contribution is 5.58. The Kier molecular flexibility index (Phi) is 2.90. The van der Waals surface area contributed by atoms with Gasteiger partial charge in [-0.2, -0.15) is 0 Å². The minimum Gasteiger partial charge on any atom is -0.408 e. The molecule has 0 unspecified atom stereocenters. The van der Waals surface area contributed by atoms with Crippen LogP contribution < -0.4 is 5.76 Å². The van der Waals surface area contributed by atoms with Crippen molar-refractivity contribution in [2.24, 2.45) is 0 Å². The summed E-state index contributed by atoms with van der Waals surface area (Å²) in [7, 11) is 0. The lowest BCUT2D eigenvalue weighted by Crippen LogP contribution is -1.94. The molecule has 0 aliphatic carbocycles. The van der Waals surface area contributed by atoms with Crippen molar-refractivity contribution in [3.8, 4) is 0 Å². The maximum absolute atomic E-state index is 10.8. The van der Waals surface area contributed by atoms with Crippen LogP contribution in [-0.2, 0) is 0 Å². The molecule has 0 aliphatic heterocycles. The third-order valence-corrected chi connectivity index (χ3v) is 1.84. The zero-order chi connectivity index (χ0) is 9.84. The molecule has 1 rings (SSSR count). The van der Waals surface area contributed by atoms with Crippen LogP contribution in [0.15, 0.2) is 21.4 Å². The van der Waals surface area contributed by atoms with Crippen LogP contribution in [0.1, 0.15) is 31.7 Å². The molecule has 0 bridgehead atoms. The van der Waals surface area contributed by atoms with Crippen molar-refractivity contribution in [2.75, 3.05) is 0 Å². The van der Waals surface area contributed by atoms with Gasteiger partial charge in [-0.1, -0.05) is 19.1 Å². The van der Waals surface area contributed by atoms with Crippen molar-refractivity contribution in [1.82, 2.24) is 4.98 Å². The summed E-state index contributed by atoms with van der Waals surface area (Å²) in [6.07, 6.45) is 4.36. The fourth-order valence-corrected chi connectivity index (χ4v) is 0.959. The lowest BCUT2D eigenvalue weighted by molar-refractivity contribution is 0.507. The van der Waals surface area contributed by atoms with Gasteiger partial charge in [0.25, 0.3) is 0 Å². The Morgan fingerprint density at radius 1 is 1.69 bits per heavy atom. The van der Waals surface area contributed by atoms with E-state index in [0.29, 0.717) is 11.5 Å². The molecule has 0 saturated heterocycles. The molecule has 1 aromatic rings. The molecular weight excluding hydrogens is 166 g/mol. The minimum absolute atomic E-state index is 0.440. The zero-order valence-electron chi connectivity index (χ0n) is 7.89. The number of aromatic nitrogens is 1. The first-order valence-electron chi connectivity index (χ1n) is 4.20. The van der Waals surface area contributed by atoms with Crippen LogP contribution in [0.3, 0.4) is 0 Å². The third kappa shape index (κ3) is 2.21. The lowest BCUT2D eigenvalue weighted by atomic mass is 10.2. The molecule has 0 fully saturated rings. The highest BCUT2D eigenvalue weighted by atomic mass is 16.4. The molecule has 0 spiro atoms. The average molecular weight is 179 g/mol. The van der Waals surface area contributed by atoms with Gasteiger partial charge < -0.3 is 4.42 Å². The number of hydrogen-bond acceptors (Lipinski definition) is 2. The maximum Gasteiger partial charge on any atom is 0.417 e. The van der Waals surface area contributed by atoms with Gasteiger partial charge in [0.2, 0.25) is 0 Å². The molecule has 0 saturated carbocycles. The molecule has 1 N–H and O–H groups in total. The van der Waals surface area contributed by atoms with Gasteiger partial charge in [-0.05, 0) is 25.5 Å². The molecule has 3 nitrogen and oxygen atoms in total. The molecule has 70 valence electrons. The summed E-state index contributed by atoms with van der Waals surface area (Å²) in [6, 6.07) is 0. The van der Waals surface area contributed by atoms with E-state index in [0.717, 1.165) is 6.42 Å². The summed E-state index contributed by atoms with van der Waals surface area (Å²) < 4.78 is 4.84. The largest absolute Gasteiger partial charge is 0.417 e. The van der Waals surface area contributed by atoms with E-state index in [1.165, 1.54) is 11.6 Å². The van der Waals surface area contributed by atoms with Crippen molar-refractivity contribution in [2.45, 2.75) is 20.3 Å². The number of hydrogen-bond donors (Lipinski definition) is 1. The van der Waals surface area contributed by atoms with Gasteiger partial charge in [-0.25, -0.2) is 4.79 Å². The number of rotatable bonds is 3. The monoisotopic (exact) mass is 179 g/mol. The molecule has 0 aliphatic rings. The fraction of sp³-hybridized carbons (Fsp3) is 0.300. The molecule has 13 heavy (non-hydrogen) atoms. The van der Waals surface area contributed by atoms with Gasteiger partial charge in [-0.3, -0.25) is 4.98 Å². The second kappa shape index (κ2) is 3.94. The van der Waals surface area contributed by atoms with Crippen molar-refractivity contribution in [3.05, 3.63) is 34.2 Å². The fourth-order valence-electron chi connectivity index (χ4n) is 0.959. The van der Waals surface area contributed by atoms with Crippen molar-refractivity contribution < 1.29 is 4.42 Å². The van der Waals surface area contributed by atoms with E-state index in [9.17, 15) is 4.79 Å². The summed E-state index contributed by atoms with van der Waals surface area (Å²) in [4.78, 5) is 13.4. The normalized spacial score (nSPS) is 11.7. The average Bonchev–Trinajstić information content (AvgIpc) is 2.46. The molecule has 0 aromatic carbocycles. The first-order valence-corrected chi connectivity index (χ1v) is 4.20. The Balaban J connectivity index is 3.13. The Morgan fingerprint density at radius 3 is 2.92 bits per heavy atom. The van der Waals surface area contributed by atoms with Gasteiger partial charge in [0.1, 0.15) is 0 Å². The highest BCUT2D eigenvalue weighted by Crippen LogP contribution is 2.11. The van der Waals surface area contributed by atoms with E-state index in [1.807, 2.05) is 13.0 Å². The van der Waals surface area contributed by atoms with E-state index in [4.69, 9.17) is 4.42 Å². The van der Waals surface area contributed by atoms with Gasteiger partial charge >= 0.3 is 5.76 Å². The van der Waals surface area contributed by atoms with Crippen LogP contribution in [0, 0.1) is 0 Å². The lowest BCUT2D eigenvalue weighted by Gasteiger charge is -1.93. The van der Waals surface area contributed by atoms with E-state index in [-0.39, 0.29) is 0 Å². The first-order chi connectivity index (χ1) is 6.17. The quantitative estimate of drug-likeness (QED) is 0.774. The van der Waals surface area contributed by atoms with E-state index in [1.54, 1.807) is 0 Å². The Labute approximate surface area is 76.8 Å². The second-order valence-electron chi connectivity index (χ2n) is 2.84. The Hall–Kier alpha value is -1.51. The van der Waals surface area contributed by atoms with Crippen LogP contribution in [0.2, 0.25) is 0 Å². The maximum atomic E-state index is 10.8. The third-order valence-electron chi connectivity index (χ3n) is 1.84. The van der Waals surface area contributed by atoms with Crippen LogP contribution in [0.4, 0.5) is 0 Å². The number of nitrogens with one attached hydrogen (secondary N) is 1. The van der Waals surface area contributed by atoms with E-state index < -0.39 is 5.76 Å². The van der Waals surface area contributed by atoms with E-state index in [2.05, 4.69) is 18.5 Å². The Bertz CT molecular complexity index is 382. The predicted molar refractivity (Wildman–Crippen MR) is 53.4 cm³/mol. The molecule has 0 amide bonds. The van der Waals surface area contributed by atoms with Crippen molar-refractivity contribution in [3.63, 3.8) is 0 Å². The van der Waals surface area contributed by atoms with Crippen molar-refractivity contribution in [1.29, 1.82) is 0 Å². The summed E-state index contributed by atoms with van der Waals surface area (Å²) in [5.74, 6) is 0.0582. The second-order valence-corrected chi connectivity index (χ2v) is 2.84. The standard InChI is InChI=1S/C10H13NO2/c1-4-7(3)6-8-9(5-2)13-10(12)11-8/h5-6H,2,4H2,1,3H3,(H,11,12)/b7-6-. The van der Waals surface area contributed by atoms with Crippen LogP contribution in [-0.4, -0.2) is 4.98 Å². The minimum atomic E-state index is -0.440. The molecule has 1 aromatic heterocycles. The molecular formula is C10H13NO2. The van der Waals surface area contributed by atoms with Gasteiger partial charge in [0, 0.05) is 0 Å². The summed E-state index contributed by atoms with van der Waals surface area (Å²) >= 11 is 0. The van der Waals surface area contributed by atoms with Gasteiger partial charge in [-0.15, -0.1) is 0 Å². The van der Waals surface area contributed by atoms with Gasteiger partial charge in [0.05, 0.1) is 5.69 Å². The number of allylic oxidation sites excluding steroid dienone is 1. The zero-order valence-corrected chi connectivity index (χ0v) is 7.89. The first kappa shape index (κ1) is 9.58. The molecule has 3 heteroatoms. The summed E-state index contributed by atoms with van der Waals surface area (Å²) in [5.41, 5.74) is 1.87. The number of H-pyrrole nitrogens is 1. The molecule has 1 heterocycles. The van der Waals surface area contributed by atoms with Crippen molar-refractivity contribution >= 4 is 12.2 Å². The van der Waals surface area contributed by atoms with Crippen LogP contribution >= 0.6 is 0 Å². The molecule has 0 radical (unpaired) electrons. The number of aromatic amines is 1.